The van der Waals surface area contributed by atoms with Gasteiger partial charge in [-0.05, 0) is 46.7 Å². The predicted molar refractivity (Wildman–Crippen MR) is 130 cm³/mol. The zero-order valence-corrected chi connectivity index (χ0v) is 19.4. The van der Waals surface area contributed by atoms with E-state index in [4.69, 9.17) is 28.9 Å². The van der Waals surface area contributed by atoms with Crippen molar-refractivity contribution in [1.82, 2.24) is 24.8 Å². The standard InChI is InChI=1S/C24H18Cl2N6O2/c1-31-29-22(28-30-31)21-20(26)18-13-16(25)9-12-19(18)32(21)17-10-7-15(8-11-17)24(34,23(27)33)14-5-3-2-4-6-14/h2-13,34H,1H3,(H2,27,33). The second-order valence-electron chi connectivity index (χ2n) is 7.75. The van der Waals surface area contributed by atoms with Crippen molar-refractivity contribution >= 4 is 40.0 Å². The van der Waals surface area contributed by atoms with Crippen LogP contribution in [-0.4, -0.2) is 35.8 Å². The first-order valence-corrected chi connectivity index (χ1v) is 11.0. The van der Waals surface area contributed by atoms with Gasteiger partial charge in [-0.2, -0.15) is 4.80 Å². The molecule has 1 unspecified atom stereocenters. The molecule has 5 aromatic rings. The molecule has 170 valence electrons. The quantitative estimate of drug-likeness (QED) is 0.386. The second kappa shape index (κ2) is 8.25. The number of tetrazole rings is 1. The number of carbonyl (C=O) groups is 1. The molecule has 0 bridgehead atoms. The van der Waals surface area contributed by atoms with Gasteiger partial charge in [0.1, 0.15) is 5.69 Å². The summed E-state index contributed by atoms with van der Waals surface area (Å²) in [6.45, 7) is 0. The number of aromatic nitrogens is 5. The molecule has 34 heavy (non-hydrogen) atoms. The lowest BCUT2D eigenvalue weighted by molar-refractivity contribution is -0.133. The minimum atomic E-state index is -1.99. The molecule has 2 aromatic heterocycles. The van der Waals surface area contributed by atoms with Gasteiger partial charge in [0.05, 0.1) is 17.6 Å². The van der Waals surface area contributed by atoms with Crippen molar-refractivity contribution < 1.29 is 9.90 Å². The highest BCUT2D eigenvalue weighted by molar-refractivity contribution is 6.39. The van der Waals surface area contributed by atoms with E-state index in [0.717, 1.165) is 10.9 Å². The molecule has 0 spiro atoms. The fraction of sp³-hybridized carbons (Fsp3) is 0.0833. The first-order valence-electron chi connectivity index (χ1n) is 10.2. The van der Waals surface area contributed by atoms with Gasteiger partial charge in [-0.3, -0.25) is 4.79 Å². The van der Waals surface area contributed by atoms with Gasteiger partial charge in [-0.1, -0.05) is 65.7 Å². The maximum Gasteiger partial charge on any atom is 0.258 e. The molecule has 0 saturated carbocycles. The molecule has 3 N–H and O–H groups in total. The van der Waals surface area contributed by atoms with Gasteiger partial charge in [0.2, 0.25) is 5.82 Å². The Bertz CT molecular complexity index is 1530. The van der Waals surface area contributed by atoms with E-state index in [0.29, 0.717) is 38.4 Å². The third-order valence-electron chi connectivity index (χ3n) is 5.68. The van der Waals surface area contributed by atoms with E-state index >= 15 is 0 Å². The smallest absolute Gasteiger partial charge is 0.258 e. The zero-order chi connectivity index (χ0) is 24.0. The Hall–Kier alpha value is -3.72. The van der Waals surface area contributed by atoms with E-state index in [2.05, 4.69) is 15.4 Å². The van der Waals surface area contributed by atoms with E-state index in [1.165, 1.54) is 4.80 Å². The predicted octanol–water partition coefficient (Wildman–Crippen LogP) is 3.85. The molecule has 0 aliphatic carbocycles. The first kappa shape index (κ1) is 22.1. The zero-order valence-electron chi connectivity index (χ0n) is 17.9. The molecular weight excluding hydrogens is 475 g/mol. The third-order valence-corrected chi connectivity index (χ3v) is 6.30. The number of amides is 1. The Kier molecular flexibility index (Phi) is 5.36. The maximum absolute atomic E-state index is 12.3. The molecular formula is C24H18Cl2N6O2. The Morgan fingerprint density at radius 1 is 1.00 bits per heavy atom. The molecule has 0 aliphatic heterocycles. The summed E-state index contributed by atoms with van der Waals surface area (Å²) in [5.41, 5.74) is 6.36. The van der Waals surface area contributed by atoms with Crippen LogP contribution in [0.25, 0.3) is 28.1 Å². The highest BCUT2D eigenvalue weighted by atomic mass is 35.5. The fourth-order valence-corrected chi connectivity index (χ4v) is 4.55. The molecule has 0 radical (unpaired) electrons. The van der Waals surface area contributed by atoms with Gasteiger partial charge in [0.15, 0.2) is 5.60 Å². The lowest BCUT2D eigenvalue weighted by Gasteiger charge is -2.26. The molecule has 1 atom stereocenters. The molecule has 10 heteroatoms. The van der Waals surface area contributed by atoms with Crippen LogP contribution >= 0.6 is 23.2 Å². The Morgan fingerprint density at radius 3 is 2.29 bits per heavy atom. The average molecular weight is 493 g/mol. The number of halogens is 2. The Labute approximate surface area is 204 Å². The lowest BCUT2D eigenvalue weighted by Crippen LogP contribution is -2.42. The molecule has 8 nitrogen and oxygen atoms in total. The van der Waals surface area contributed by atoms with Gasteiger partial charge < -0.3 is 15.4 Å². The SMILES string of the molecule is Cn1nnc(-c2c(Cl)c3cc(Cl)ccc3n2-c2ccc(C(O)(C(N)=O)c3ccccc3)cc2)n1. The van der Waals surface area contributed by atoms with E-state index in [1.807, 2.05) is 10.6 Å². The average Bonchev–Trinajstić information content (AvgIpc) is 3.39. The Morgan fingerprint density at radius 2 is 1.68 bits per heavy atom. The van der Waals surface area contributed by atoms with Crippen molar-refractivity contribution in [3.8, 4) is 17.2 Å². The molecule has 0 saturated heterocycles. The molecule has 5 rings (SSSR count). The summed E-state index contributed by atoms with van der Waals surface area (Å²) in [5.74, 6) is -0.540. The summed E-state index contributed by atoms with van der Waals surface area (Å²) < 4.78 is 1.88. The summed E-state index contributed by atoms with van der Waals surface area (Å²) in [6.07, 6.45) is 0. The van der Waals surface area contributed by atoms with Crippen molar-refractivity contribution in [2.24, 2.45) is 12.8 Å². The Balaban J connectivity index is 1.70. The van der Waals surface area contributed by atoms with Crippen molar-refractivity contribution in [1.29, 1.82) is 0 Å². The number of primary amides is 1. The van der Waals surface area contributed by atoms with E-state index in [1.54, 1.807) is 73.8 Å². The highest BCUT2D eigenvalue weighted by Gasteiger charge is 2.38. The number of hydrogen-bond donors (Lipinski definition) is 2. The van der Waals surface area contributed by atoms with Crippen LogP contribution in [0.15, 0.2) is 72.8 Å². The van der Waals surface area contributed by atoms with Gasteiger partial charge in [-0.15, -0.1) is 10.2 Å². The second-order valence-corrected chi connectivity index (χ2v) is 8.56. The summed E-state index contributed by atoms with van der Waals surface area (Å²) in [4.78, 5) is 13.7. The number of nitrogens with two attached hydrogens (primary N) is 1. The summed E-state index contributed by atoms with van der Waals surface area (Å²) in [6, 6.07) is 20.8. The van der Waals surface area contributed by atoms with Crippen molar-refractivity contribution in [2.45, 2.75) is 5.60 Å². The number of aliphatic hydroxyl groups is 1. The van der Waals surface area contributed by atoms with Crippen molar-refractivity contribution in [3.05, 3.63) is 94.0 Å². The van der Waals surface area contributed by atoms with Crippen LogP contribution in [0.5, 0.6) is 0 Å². The van der Waals surface area contributed by atoms with E-state index in [-0.39, 0.29) is 0 Å². The number of hydrogen-bond acceptors (Lipinski definition) is 5. The monoisotopic (exact) mass is 492 g/mol. The number of fused-ring (bicyclic) bond motifs is 1. The van der Waals surface area contributed by atoms with E-state index in [9.17, 15) is 9.90 Å². The number of nitrogens with zero attached hydrogens (tertiary/aromatic N) is 5. The third kappa shape index (κ3) is 3.43. The highest BCUT2D eigenvalue weighted by Crippen LogP contribution is 2.40. The fourth-order valence-electron chi connectivity index (χ4n) is 4.05. The topological polar surface area (TPSA) is 112 Å². The molecule has 2 heterocycles. The number of aryl methyl sites for hydroxylation is 1. The molecule has 3 aromatic carbocycles. The van der Waals surface area contributed by atoms with Crippen LogP contribution in [0.3, 0.4) is 0 Å². The maximum atomic E-state index is 12.3. The first-order chi connectivity index (χ1) is 16.3. The van der Waals surface area contributed by atoms with Crippen LogP contribution in [0, 0.1) is 0 Å². The molecule has 0 fully saturated rings. The van der Waals surface area contributed by atoms with Crippen LogP contribution in [0.1, 0.15) is 11.1 Å². The van der Waals surface area contributed by atoms with Gasteiger partial charge in [-0.25, -0.2) is 0 Å². The number of rotatable bonds is 5. The van der Waals surface area contributed by atoms with Crippen molar-refractivity contribution in [2.75, 3.05) is 0 Å². The summed E-state index contributed by atoms with van der Waals surface area (Å²) in [7, 11) is 1.66. The van der Waals surface area contributed by atoms with Crippen molar-refractivity contribution in [3.63, 3.8) is 0 Å². The van der Waals surface area contributed by atoms with Crippen LogP contribution in [-0.2, 0) is 17.4 Å². The molecule has 1 amide bonds. The number of benzene rings is 3. The lowest BCUT2D eigenvalue weighted by atomic mass is 9.85. The van der Waals surface area contributed by atoms with Gasteiger partial charge in [0.25, 0.3) is 5.91 Å². The summed E-state index contributed by atoms with van der Waals surface area (Å²) >= 11 is 13.0. The van der Waals surface area contributed by atoms with Crippen LogP contribution in [0.4, 0.5) is 0 Å². The summed E-state index contributed by atoms with van der Waals surface area (Å²) in [5, 5.41) is 25.4. The normalized spacial score (nSPS) is 13.2. The minimum absolute atomic E-state index is 0.333. The largest absolute Gasteiger partial charge is 0.372 e. The van der Waals surface area contributed by atoms with Crippen LogP contribution in [0.2, 0.25) is 10.0 Å². The minimum Gasteiger partial charge on any atom is -0.372 e. The van der Waals surface area contributed by atoms with Crippen LogP contribution < -0.4 is 5.73 Å². The van der Waals surface area contributed by atoms with Gasteiger partial charge >= 0.3 is 0 Å². The van der Waals surface area contributed by atoms with Gasteiger partial charge in [0, 0.05) is 16.1 Å². The molecule has 0 aliphatic rings. The van der Waals surface area contributed by atoms with E-state index < -0.39 is 11.5 Å². The number of carbonyl (C=O) groups excluding carboxylic acids is 1.